The molecule has 1 aromatic carbocycles. The second-order valence-corrected chi connectivity index (χ2v) is 6.45. The van der Waals surface area contributed by atoms with Crippen LogP contribution >= 0.6 is 11.6 Å². The molecule has 1 aliphatic heterocycles. The molecule has 134 valence electrons. The molecule has 1 aliphatic rings. The van der Waals surface area contributed by atoms with E-state index in [9.17, 15) is 9.59 Å². The fourth-order valence-corrected chi connectivity index (χ4v) is 2.92. The van der Waals surface area contributed by atoms with E-state index in [0.717, 1.165) is 12.2 Å². The lowest BCUT2D eigenvalue weighted by Gasteiger charge is -2.17. The van der Waals surface area contributed by atoms with E-state index in [1.54, 1.807) is 36.5 Å². The van der Waals surface area contributed by atoms with Crippen LogP contribution in [0.15, 0.2) is 55.3 Å². The lowest BCUT2D eigenvalue weighted by atomic mass is 10.2. The normalized spacial score (nSPS) is 16.2. The van der Waals surface area contributed by atoms with Crippen molar-refractivity contribution in [1.82, 2.24) is 9.88 Å². The summed E-state index contributed by atoms with van der Waals surface area (Å²) in [5, 5.41) is 6.57. The number of aromatic nitrogens is 1. The van der Waals surface area contributed by atoms with Crippen molar-refractivity contribution in [3.63, 3.8) is 0 Å². The number of nitrogens with one attached hydrogen (secondary N) is 2. The monoisotopic (exact) mass is 370 g/mol. The minimum absolute atomic E-state index is 0.0278. The highest BCUT2D eigenvalue weighted by Crippen LogP contribution is 2.19. The standard InChI is InChI=1S/C19H19ClN4O2/c1-2-18(25)23-15-6-3-13(4-7-15)19(26)24-10-9-16(12-24)22-17-8-5-14(20)11-21-17/h2-8,11,16H,1,9-10,12H2,(H,21,22)(H,23,25)/t16-/m0/s1. The van der Waals surface area contributed by atoms with Crippen molar-refractivity contribution in [1.29, 1.82) is 0 Å². The van der Waals surface area contributed by atoms with Gasteiger partial charge in [-0.3, -0.25) is 9.59 Å². The van der Waals surface area contributed by atoms with Gasteiger partial charge in [0.25, 0.3) is 5.91 Å². The number of hydrogen-bond donors (Lipinski definition) is 2. The lowest BCUT2D eigenvalue weighted by molar-refractivity contribution is -0.111. The molecule has 1 aromatic heterocycles. The Morgan fingerprint density at radius 2 is 2.00 bits per heavy atom. The molecule has 0 spiro atoms. The smallest absolute Gasteiger partial charge is 0.253 e. The van der Waals surface area contributed by atoms with E-state index in [4.69, 9.17) is 11.6 Å². The van der Waals surface area contributed by atoms with Crippen LogP contribution in [-0.4, -0.2) is 40.8 Å². The number of carbonyl (C=O) groups excluding carboxylic acids is 2. The van der Waals surface area contributed by atoms with Crippen molar-refractivity contribution < 1.29 is 9.59 Å². The Balaban J connectivity index is 1.57. The molecule has 2 heterocycles. The first kappa shape index (κ1) is 17.9. The lowest BCUT2D eigenvalue weighted by Crippen LogP contribution is -2.31. The van der Waals surface area contributed by atoms with E-state index in [1.165, 1.54) is 6.08 Å². The Kier molecular flexibility index (Phi) is 5.53. The molecule has 2 amide bonds. The van der Waals surface area contributed by atoms with Gasteiger partial charge in [-0.25, -0.2) is 4.98 Å². The zero-order valence-corrected chi connectivity index (χ0v) is 14.9. The molecule has 0 radical (unpaired) electrons. The van der Waals surface area contributed by atoms with Crippen molar-refractivity contribution in [3.05, 3.63) is 65.8 Å². The third-order valence-electron chi connectivity index (χ3n) is 4.14. The number of likely N-dealkylation sites (tertiary alicyclic amines) is 1. The van der Waals surface area contributed by atoms with Gasteiger partial charge in [-0.1, -0.05) is 18.2 Å². The zero-order chi connectivity index (χ0) is 18.5. The van der Waals surface area contributed by atoms with Crippen LogP contribution in [0.2, 0.25) is 5.02 Å². The molecule has 2 aromatic rings. The maximum Gasteiger partial charge on any atom is 0.253 e. The molecule has 6 nitrogen and oxygen atoms in total. The van der Waals surface area contributed by atoms with Crippen molar-refractivity contribution in [2.24, 2.45) is 0 Å². The number of nitrogens with zero attached hydrogens (tertiary/aromatic N) is 2. The van der Waals surface area contributed by atoms with E-state index in [0.29, 0.717) is 29.4 Å². The SMILES string of the molecule is C=CC(=O)Nc1ccc(C(=O)N2CC[C@H](Nc3ccc(Cl)cn3)C2)cc1. The van der Waals surface area contributed by atoms with E-state index < -0.39 is 0 Å². The molecule has 26 heavy (non-hydrogen) atoms. The number of carbonyl (C=O) groups is 2. The van der Waals surface area contributed by atoms with E-state index >= 15 is 0 Å². The maximum atomic E-state index is 12.6. The van der Waals surface area contributed by atoms with E-state index in [-0.39, 0.29) is 17.9 Å². The first-order chi connectivity index (χ1) is 12.5. The average Bonchev–Trinajstić information content (AvgIpc) is 3.12. The Morgan fingerprint density at radius 1 is 1.23 bits per heavy atom. The van der Waals surface area contributed by atoms with Gasteiger partial charge in [0, 0.05) is 36.6 Å². The van der Waals surface area contributed by atoms with Gasteiger partial charge in [0.15, 0.2) is 0 Å². The molecule has 1 atom stereocenters. The fourth-order valence-electron chi connectivity index (χ4n) is 2.80. The van der Waals surface area contributed by atoms with Crippen LogP contribution in [0.4, 0.5) is 11.5 Å². The molecule has 0 saturated carbocycles. The molecular formula is C19H19ClN4O2. The molecular weight excluding hydrogens is 352 g/mol. The first-order valence-corrected chi connectivity index (χ1v) is 8.64. The van der Waals surface area contributed by atoms with Crippen molar-refractivity contribution >= 4 is 34.9 Å². The van der Waals surface area contributed by atoms with Gasteiger partial charge in [0.1, 0.15) is 5.82 Å². The molecule has 0 unspecified atom stereocenters. The minimum Gasteiger partial charge on any atom is -0.365 e. The summed E-state index contributed by atoms with van der Waals surface area (Å²) >= 11 is 5.84. The highest BCUT2D eigenvalue weighted by Gasteiger charge is 2.27. The second kappa shape index (κ2) is 8.01. The van der Waals surface area contributed by atoms with Crippen LogP contribution in [-0.2, 0) is 4.79 Å². The summed E-state index contributed by atoms with van der Waals surface area (Å²) in [6.45, 7) is 4.70. The number of halogens is 1. The summed E-state index contributed by atoms with van der Waals surface area (Å²) in [5.74, 6) is 0.435. The van der Waals surface area contributed by atoms with Crippen LogP contribution in [0.5, 0.6) is 0 Å². The maximum absolute atomic E-state index is 12.6. The molecule has 1 saturated heterocycles. The highest BCUT2D eigenvalue weighted by atomic mass is 35.5. The van der Waals surface area contributed by atoms with Crippen LogP contribution in [0, 0.1) is 0 Å². The average molecular weight is 371 g/mol. The summed E-state index contributed by atoms with van der Waals surface area (Å²) in [5.41, 5.74) is 1.22. The molecule has 0 aliphatic carbocycles. The number of benzene rings is 1. The Labute approximate surface area is 156 Å². The molecule has 2 N–H and O–H groups in total. The first-order valence-electron chi connectivity index (χ1n) is 8.26. The van der Waals surface area contributed by atoms with Gasteiger partial charge < -0.3 is 15.5 Å². The van der Waals surface area contributed by atoms with Gasteiger partial charge in [0.2, 0.25) is 5.91 Å². The molecule has 3 rings (SSSR count). The van der Waals surface area contributed by atoms with Gasteiger partial charge in [-0.15, -0.1) is 0 Å². The number of pyridine rings is 1. The Morgan fingerprint density at radius 3 is 2.65 bits per heavy atom. The fraction of sp³-hybridized carbons (Fsp3) is 0.211. The molecule has 7 heteroatoms. The van der Waals surface area contributed by atoms with Gasteiger partial charge >= 0.3 is 0 Å². The number of hydrogen-bond acceptors (Lipinski definition) is 4. The van der Waals surface area contributed by atoms with Crippen molar-refractivity contribution in [3.8, 4) is 0 Å². The summed E-state index contributed by atoms with van der Waals surface area (Å²) in [6, 6.07) is 10.6. The molecule has 0 bridgehead atoms. The zero-order valence-electron chi connectivity index (χ0n) is 14.1. The van der Waals surface area contributed by atoms with Gasteiger partial charge in [0.05, 0.1) is 5.02 Å². The summed E-state index contributed by atoms with van der Waals surface area (Å²) in [6.07, 6.45) is 3.64. The quantitative estimate of drug-likeness (QED) is 0.793. The Bertz CT molecular complexity index is 805. The Hall–Kier alpha value is -2.86. The minimum atomic E-state index is -0.284. The number of anilines is 2. The van der Waals surface area contributed by atoms with Gasteiger partial charge in [-0.05, 0) is 48.9 Å². The van der Waals surface area contributed by atoms with Crippen LogP contribution in [0.1, 0.15) is 16.8 Å². The summed E-state index contributed by atoms with van der Waals surface area (Å²) < 4.78 is 0. The molecule has 1 fully saturated rings. The highest BCUT2D eigenvalue weighted by molar-refractivity contribution is 6.30. The van der Waals surface area contributed by atoms with Gasteiger partial charge in [-0.2, -0.15) is 0 Å². The topological polar surface area (TPSA) is 74.3 Å². The van der Waals surface area contributed by atoms with Crippen molar-refractivity contribution in [2.75, 3.05) is 23.7 Å². The third-order valence-corrected chi connectivity index (χ3v) is 4.36. The van der Waals surface area contributed by atoms with Crippen LogP contribution < -0.4 is 10.6 Å². The third kappa shape index (κ3) is 4.40. The summed E-state index contributed by atoms with van der Waals surface area (Å²) in [7, 11) is 0. The predicted molar refractivity (Wildman–Crippen MR) is 102 cm³/mol. The van der Waals surface area contributed by atoms with Crippen LogP contribution in [0.25, 0.3) is 0 Å². The predicted octanol–water partition coefficient (Wildman–Crippen LogP) is 3.19. The number of amides is 2. The summed E-state index contributed by atoms with van der Waals surface area (Å²) in [4.78, 5) is 30.0. The van der Waals surface area contributed by atoms with Crippen molar-refractivity contribution in [2.45, 2.75) is 12.5 Å². The van der Waals surface area contributed by atoms with E-state index in [1.807, 2.05) is 11.0 Å². The van der Waals surface area contributed by atoms with E-state index in [2.05, 4.69) is 22.2 Å². The largest absolute Gasteiger partial charge is 0.365 e. The second-order valence-electron chi connectivity index (χ2n) is 6.01. The number of rotatable bonds is 5. The van der Waals surface area contributed by atoms with Crippen LogP contribution in [0.3, 0.4) is 0 Å².